The van der Waals surface area contributed by atoms with Crippen LogP contribution in [0.3, 0.4) is 0 Å². The molecule has 0 fully saturated rings. The number of nitrogens with one attached hydrogen (secondary N) is 1. The summed E-state index contributed by atoms with van der Waals surface area (Å²) < 4.78 is 3.60. The molecule has 0 aromatic carbocycles. The normalized spacial score (nSPS) is 10.8. The van der Waals surface area contributed by atoms with Gasteiger partial charge in [-0.15, -0.1) is 10.2 Å². The predicted molar refractivity (Wildman–Crippen MR) is 66.5 cm³/mol. The van der Waals surface area contributed by atoms with Crippen molar-refractivity contribution < 1.29 is 0 Å². The Hall–Kier alpha value is -2.05. The molecule has 92 valence electrons. The van der Waals surface area contributed by atoms with Gasteiger partial charge in [0.05, 0.1) is 11.8 Å². The van der Waals surface area contributed by atoms with E-state index in [1.807, 2.05) is 18.4 Å². The average molecular weight is 235 g/mol. The summed E-state index contributed by atoms with van der Waals surface area (Å²) in [5.41, 5.74) is 6.75. The number of nitrogens with zero attached hydrogens (tertiary/aromatic N) is 5. The lowest BCUT2D eigenvalue weighted by atomic mass is 10.3. The van der Waals surface area contributed by atoms with E-state index in [4.69, 9.17) is 5.73 Å². The fourth-order valence-corrected chi connectivity index (χ4v) is 1.71. The van der Waals surface area contributed by atoms with Crippen molar-refractivity contribution in [1.82, 2.24) is 24.5 Å². The van der Waals surface area contributed by atoms with Gasteiger partial charge in [-0.1, -0.05) is 0 Å². The molecule has 7 nitrogen and oxygen atoms in total. The Kier molecular flexibility index (Phi) is 2.99. The molecule has 2 rings (SSSR count). The largest absolute Gasteiger partial charge is 0.383 e. The second-order valence-electron chi connectivity index (χ2n) is 3.69. The first-order valence-electron chi connectivity index (χ1n) is 5.63. The number of anilines is 2. The van der Waals surface area contributed by atoms with E-state index < -0.39 is 0 Å². The molecular weight excluding hydrogens is 218 g/mol. The summed E-state index contributed by atoms with van der Waals surface area (Å²) >= 11 is 0. The van der Waals surface area contributed by atoms with E-state index in [0.29, 0.717) is 5.82 Å². The van der Waals surface area contributed by atoms with Crippen LogP contribution in [-0.4, -0.2) is 31.1 Å². The molecule has 2 aromatic heterocycles. The van der Waals surface area contributed by atoms with E-state index in [9.17, 15) is 0 Å². The van der Waals surface area contributed by atoms with Gasteiger partial charge in [-0.25, -0.2) is 0 Å². The van der Waals surface area contributed by atoms with E-state index >= 15 is 0 Å². The van der Waals surface area contributed by atoms with E-state index in [-0.39, 0.29) is 0 Å². The monoisotopic (exact) mass is 235 g/mol. The summed E-state index contributed by atoms with van der Waals surface area (Å²) in [6.45, 7) is 5.65. The molecule has 0 spiro atoms. The van der Waals surface area contributed by atoms with Gasteiger partial charge in [0.25, 0.3) is 0 Å². The zero-order valence-electron chi connectivity index (χ0n) is 10.3. The van der Waals surface area contributed by atoms with Crippen molar-refractivity contribution in [2.24, 2.45) is 7.05 Å². The Labute approximate surface area is 99.6 Å². The van der Waals surface area contributed by atoms with Crippen molar-refractivity contribution >= 4 is 11.8 Å². The van der Waals surface area contributed by atoms with Crippen molar-refractivity contribution in [2.75, 3.05) is 17.6 Å². The minimum Gasteiger partial charge on any atom is -0.383 e. The van der Waals surface area contributed by atoms with Crippen LogP contribution in [0.15, 0.2) is 6.20 Å². The highest BCUT2D eigenvalue weighted by atomic mass is 15.4. The lowest BCUT2D eigenvalue weighted by Crippen LogP contribution is -2.07. The van der Waals surface area contributed by atoms with E-state index in [0.717, 1.165) is 30.4 Å². The molecule has 0 atom stereocenters. The fourth-order valence-electron chi connectivity index (χ4n) is 1.71. The number of nitrogens with two attached hydrogens (primary N) is 1. The maximum absolute atomic E-state index is 5.94. The van der Waals surface area contributed by atoms with E-state index in [1.54, 1.807) is 17.9 Å². The number of nitrogen functional groups attached to an aromatic ring is 1. The molecule has 0 amide bonds. The minimum absolute atomic E-state index is 0.593. The van der Waals surface area contributed by atoms with Gasteiger partial charge in [-0.2, -0.15) is 5.10 Å². The zero-order valence-corrected chi connectivity index (χ0v) is 10.3. The predicted octanol–water partition coefficient (Wildman–Crippen LogP) is 0.712. The van der Waals surface area contributed by atoms with Crippen LogP contribution in [0.4, 0.5) is 11.8 Å². The van der Waals surface area contributed by atoms with Crippen LogP contribution < -0.4 is 11.1 Å². The molecule has 0 radical (unpaired) electrons. The highest BCUT2D eigenvalue weighted by Gasteiger charge is 2.16. The summed E-state index contributed by atoms with van der Waals surface area (Å²) in [6.07, 6.45) is 1.71. The van der Waals surface area contributed by atoms with Crippen LogP contribution in [0, 0.1) is 0 Å². The van der Waals surface area contributed by atoms with Gasteiger partial charge in [0, 0.05) is 20.1 Å². The molecule has 0 aliphatic carbocycles. The number of hydrogen-bond acceptors (Lipinski definition) is 5. The van der Waals surface area contributed by atoms with Gasteiger partial charge in [0.1, 0.15) is 5.82 Å². The molecular formula is C10H17N7. The van der Waals surface area contributed by atoms with Crippen molar-refractivity contribution in [3.8, 4) is 11.4 Å². The molecule has 17 heavy (non-hydrogen) atoms. The quantitative estimate of drug-likeness (QED) is 0.815. The molecule has 2 aromatic rings. The Morgan fingerprint density at radius 3 is 2.65 bits per heavy atom. The molecule has 2 heterocycles. The smallest absolute Gasteiger partial charge is 0.224 e. The summed E-state index contributed by atoms with van der Waals surface area (Å²) in [6, 6.07) is 0. The highest BCUT2D eigenvalue weighted by Crippen LogP contribution is 2.25. The lowest BCUT2D eigenvalue weighted by Gasteiger charge is -2.07. The highest BCUT2D eigenvalue weighted by molar-refractivity contribution is 5.69. The van der Waals surface area contributed by atoms with Crippen LogP contribution in [0.5, 0.6) is 0 Å². The first kappa shape index (κ1) is 11.4. The van der Waals surface area contributed by atoms with Crippen LogP contribution >= 0.6 is 0 Å². The number of hydrogen-bond donors (Lipinski definition) is 2. The summed E-state index contributed by atoms with van der Waals surface area (Å²) in [5, 5.41) is 15.6. The van der Waals surface area contributed by atoms with Gasteiger partial charge < -0.3 is 11.1 Å². The number of rotatable bonds is 4. The van der Waals surface area contributed by atoms with E-state index in [2.05, 4.69) is 20.6 Å². The van der Waals surface area contributed by atoms with Gasteiger partial charge in [0.15, 0.2) is 5.82 Å². The topological polar surface area (TPSA) is 86.6 Å². The second-order valence-corrected chi connectivity index (χ2v) is 3.69. The zero-order chi connectivity index (χ0) is 12.4. The first-order chi connectivity index (χ1) is 8.19. The van der Waals surface area contributed by atoms with Crippen LogP contribution in [0.25, 0.3) is 11.4 Å². The third-order valence-electron chi connectivity index (χ3n) is 2.63. The van der Waals surface area contributed by atoms with Gasteiger partial charge in [0.2, 0.25) is 5.95 Å². The van der Waals surface area contributed by atoms with Crippen LogP contribution in [0.1, 0.15) is 13.8 Å². The Morgan fingerprint density at radius 2 is 2.12 bits per heavy atom. The van der Waals surface area contributed by atoms with Gasteiger partial charge >= 0.3 is 0 Å². The van der Waals surface area contributed by atoms with Crippen molar-refractivity contribution in [3.63, 3.8) is 0 Å². The number of aryl methyl sites for hydroxylation is 1. The molecule has 0 bridgehead atoms. The molecule has 0 aliphatic heterocycles. The minimum atomic E-state index is 0.593. The lowest BCUT2D eigenvalue weighted by molar-refractivity contribution is 0.769. The van der Waals surface area contributed by atoms with Crippen LogP contribution in [-0.2, 0) is 13.6 Å². The molecule has 7 heteroatoms. The third kappa shape index (κ3) is 1.83. The Morgan fingerprint density at radius 1 is 1.35 bits per heavy atom. The maximum atomic E-state index is 5.94. The second kappa shape index (κ2) is 4.44. The van der Waals surface area contributed by atoms with Crippen molar-refractivity contribution in [2.45, 2.75) is 20.4 Å². The molecule has 0 unspecified atom stereocenters. The van der Waals surface area contributed by atoms with Crippen molar-refractivity contribution in [3.05, 3.63) is 6.20 Å². The fraction of sp³-hybridized carbons (Fsp3) is 0.500. The molecule has 0 saturated heterocycles. The summed E-state index contributed by atoms with van der Waals surface area (Å²) in [7, 11) is 1.80. The average Bonchev–Trinajstić information content (AvgIpc) is 2.85. The summed E-state index contributed by atoms with van der Waals surface area (Å²) in [5.74, 6) is 2.09. The van der Waals surface area contributed by atoms with Crippen LogP contribution in [0.2, 0.25) is 0 Å². The standard InChI is InChI=1S/C10H17N7/c1-4-12-10-15-14-9(17(10)5-2)7-6-13-16(3)8(7)11/h6H,4-5,11H2,1-3H3,(H,12,15). The van der Waals surface area contributed by atoms with E-state index in [1.165, 1.54) is 0 Å². The Bertz CT molecular complexity index is 511. The van der Waals surface area contributed by atoms with Gasteiger partial charge in [-0.3, -0.25) is 9.25 Å². The molecule has 0 saturated carbocycles. The van der Waals surface area contributed by atoms with Crippen molar-refractivity contribution in [1.29, 1.82) is 0 Å². The molecule has 0 aliphatic rings. The summed E-state index contributed by atoms with van der Waals surface area (Å²) in [4.78, 5) is 0. The number of aromatic nitrogens is 5. The first-order valence-corrected chi connectivity index (χ1v) is 5.63. The van der Waals surface area contributed by atoms with Gasteiger partial charge in [-0.05, 0) is 13.8 Å². The maximum Gasteiger partial charge on any atom is 0.224 e. The SMILES string of the molecule is CCNc1nnc(-c2cnn(C)c2N)n1CC. The molecule has 3 N–H and O–H groups in total. The Balaban J connectivity index is 2.48. The third-order valence-corrected chi connectivity index (χ3v) is 2.63.